The fraction of sp³-hybridized carbons (Fsp3) is 0.375. The summed E-state index contributed by atoms with van der Waals surface area (Å²) in [6.07, 6.45) is 3.86. The van der Waals surface area contributed by atoms with Crippen LogP contribution in [0.1, 0.15) is 49.2 Å². The molecule has 1 heterocycles. The Morgan fingerprint density at radius 1 is 1.36 bits per heavy atom. The molecule has 0 bridgehead atoms. The molecule has 1 aromatic rings. The number of carbonyl (C=O) groups excluding carboxylic acids is 1. The molecule has 1 aliphatic carbocycles. The minimum absolute atomic E-state index is 0.00219. The number of allylic oxidation sites excluding steroid dienone is 4. The summed E-state index contributed by atoms with van der Waals surface area (Å²) < 4.78 is 0. The third-order valence-corrected chi connectivity index (χ3v) is 3.54. The lowest BCUT2D eigenvalue weighted by molar-refractivity contribution is 0.103. The number of aromatic amines is 2. The van der Waals surface area contributed by atoms with Crippen LogP contribution in [-0.4, -0.2) is 15.8 Å². The highest BCUT2D eigenvalue weighted by molar-refractivity contribution is 6.10. The molecule has 1 atom stereocenters. The number of rotatable bonds is 3. The molecule has 114 valence electrons. The van der Waals surface area contributed by atoms with Gasteiger partial charge in [0.25, 0.3) is 5.56 Å². The average molecular weight is 299 g/mol. The molecule has 6 nitrogen and oxygen atoms in total. The molecule has 2 N–H and O–H groups in total. The third-order valence-electron chi connectivity index (χ3n) is 3.54. The number of hydrogen-bond acceptors (Lipinski definition) is 4. The molecule has 1 aliphatic rings. The van der Waals surface area contributed by atoms with Gasteiger partial charge in [-0.1, -0.05) is 31.6 Å². The zero-order chi connectivity index (χ0) is 16.4. The van der Waals surface area contributed by atoms with Gasteiger partial charge in [-0.25, -0.2) is 4.79 Å². The molecular weight excluding hydrogens is 282 g/mol. The molecule has 0 amide bonds. The number of aromatic nitrogens is 2. The number of Topliss-reactive ketones (excluding diaryl/α,β-unsaturated/α-hetero) is 1. The van der Waals surface area contributed by atoms with E-state index in [0.717, 1.165) is 5.57 Å². The first kappa shape index (κ1) is 15.7. The van der Waals surface area contributed by atoms with E-state index in [-0.39, 0.29) is 23.1 Å². The molecule has 0 saturated heterocycles. The van der Waals surface area contributed by atoms with Crippen LogP contribution in [0.25, 0.3) is 0 Å². The van der Waals surface area contributed by atoms with E-state index in [0.29, 0.717) is 12.0 Å². The van der Waals surface area contributed by atoms with Crippen molar-refractivity contribution in [3.8, 4) is 6.07 Å². The van der Waals surface area contributed by atoms with Crippen molar-refractivity contribution in [3.63, 3.8) is 0 Å². The fourth-order valence-corrected chi connectivity index (χ4v) is 2.59. The number of nitrogens with one attached hydrogen (secondary N) is 2. The van der Waals surface area contributed by atoms with Crippen molar-refractivity contribution < 1.29 is 4.79 Å². The van der Waals surface area contributed by atoms with Gasteiger partial charge in [0.1, 0.15) is 0 Å². The zero-order valence-electron chi connectivity index (χ0n) is 12.7. The lowest BCUT2D eigenvalue weighted by Gasteiger charge is -2.15. The van der Waals surface area contributed by atoms with E-state index in [2.05, 4.69) is 16.0 Å². The van der Waals surface area contributed by atoms with Crippen LogP contribution >= 0.6 is 0 Å². The van der Waals surface area contributed by atoms with Gasteiger partial charge >= 0.3 is 5.69 Å². The number of H-pyrrole nitrogens is 2. The summed E-state index contributed by atoms with van der Waals surface area (Å²) in [4.78, 5) is 40.7. The van der Waals surface area contributed by atoms with Gasteiger partial charge in [-0.15, -0.1) is 0 Å². The number of nitrogens with zero attached hydrogens (tertiary/aromatic N) is 1. The summed E-state index contributed by atoms with van der Waals surface area (Å²) in [6.45, 7) is 5.39. The molecule has 0 radical (unpaired) electrons. The Kier molecular flexibility index (Phi) is 4.27. The maximum atomic E-state index is 12.7. The molecule has 6 heteroatoms. The lowest BCUT2D eigenvalue weighted by Crippen LogP contribution is -2.31. The molecule has 1 unspecified atom stereocenters. The predicted molar refractivity (Wildman–Crippen MR) is 81.7 cm³/mol. The second-order valence-electron chi connectivity index (χ2n) is 5.73. The van der Waals surface area contributed by atoms with Crippen molar-refractivity contribution in [1.29, 1.82) is 5.26 Å². The van der Waals surface area contributed by atoms with Crippen molar-refractivity contribution in [1.82, 2.24) is 9.97 Å². The third kappa shape index (κ3) is 2.98. The Morgan fingerprint density at radius 3 is 2.64 bits per heavy atom. The highest BCUT2D eigenvalue weighted by Gasteiger charge is 2.24. The van der Waals surface area contributed by atoms with E-state index in [1.165, 1.54) is 0 Å². The summed E-state index contributed by atoms with van der Waals surface area (Å²) in [5.74, 6) is -1.04. The second-order valence-corrected chi connectivity index (χ2v) is 5.73. The lowest BCUT2D eigenvalue weighted by atomic mass is 9.88. The molecule has 0 fully saturated rings. The van der Waals surface area contributed by atoms with Gasteiger partial charge in [0, 0.05) is 11.1 Å². The molecule has 0 aliphatic heterocycles. The quantitative estimate of drug-likeness (QED) is 0.829. The maximum absolute atomic E-state index is 12.7. The first-order valence-electron chi connectivity index (χ1n) is 7.03. The summed E-state index contributed by atoms with van der Waals surface area (Å²) in [5.41, 5.74) is 0.213. The summed E-state index contributed by atoms with van der Waals surface area (Å²) in [5, 5.41) is 9.06. The first-order chi connectivity index (χ1) is 10.3. The maximum Gasteiger partial charge on any atom is 0.326 e. The molecule has 22 heavy (non-hydrogen) atoms. The van der Waals surface area contributed by atoms with E-state index in [4.69, 9.17) is 5.26 Å². The Bertz CT molecular complexity index is 831. The number of hydrogen-bond donors (Lipinski definition) is 2. The fourth-order valence-electron chi connectivity index (χ4n) is 2.59. The zero-order valence-corrected chi connectivity index (χ0v) is 12.7. The minimum atomic E-state index is -0.716. The van der Waals surface area contributed by atoms with Crippen LogP contribution in [0.15, 0.2) is 32.9 Å². The normalized spacial score (nSPS) is 17.7. The second kappa shape index (κ2) is 5.98. The van der Waals surface area contributed by atoms with Crippen LogP contribution < -0.4 is 11.2 Å². The van der Waals surface area contributed by atoms with Gasteiger partial charge in [0.2, 0.25) is 5.78 Å². The van der Waals surface area contributed by atoms with E-state index in [1.807, 2.05) is 6.92 Å². The van der Waals surface area contributed by atoms with Gasteiger partial charge in [0.15, 0.2) is 0 Å². The van der Waals surface area contributed by atoms with E-state index in [9.17, 15) is 14.4 Å². The summed E-state index contributed by atoms with van der Waals surface area (Å²) in [7, 11) is 0. The van der Waals surface area contributed by atoms with Gasteiger partial charge in [-0.3, -0.25) is 14.6 Å². The number of nitriles is 1. The van der Waals surface area contributed by atoms with Gasteiger partial charge in [-0.2, -0.15) is 5.26 Å². The molecule has 0 saturated carbocycles. The average Bonchev–Trinajstić information content (AvgIpc) is 2.44. The number of carbonyl (C=O) groups is 1. The van der Waals surface area contributed by atoms with E-state index in [1.54, 1.807) is 26.0 Å². The molecule has 1 aromatic heterocycles. The predicted octanol–water partition coefficient (Wildman–Crippen LogP) is 1.79. The Hall–Kier alpha value is -2.68. The van der Waals surface area contributed by atoms with Crippen LogP contribution in [-0.2, 0) is 0 Å². The summed E-state index contributed by atoms with van der Waals surface area (Å²) in [6, 6.07) is 2.12. The van der Waals surface area contributed by atoms with Crippen LogP contribution in [0.3, 0.4) is 0 Å². The smallest absolute Gasteiger partial charge is 0.304 e. The van der Waals surface area contributed by atoms with Crippen molar-refractivity contribution in [3.05, 3.63) is 55.4 Å². The first-order valence-corrected chi connectivity index (χ1v) is 7.03. The summed E-state index contributed by atoms with van der Waals surface area (Å²) >= 11 is 0. The van der Waals surface area contributed by atoms with Crippen LogP contribution in [0, 0.1) is 17.2 Å². The Labute approximate surface area is 127 Å². The van der Waals surface area contributed by atoms with Crippen molar-refractivity contribution in [2.75, 3.05) is 0 Å². The number of ketones is 1. The molecule has 0 spiro atoms. The van der Waals surface area contributed by atoms with Crippen molar-refractivity contribution >= 4 is 5.78 Å². The highest BCUT2D eigenvalue weighted by atomic mass is 16.2. The Morgan fingerprint density at radius 2 is 2.05 bits per heavy atom. The van der Waals surface area contributed by atoms with E-state index < -0.39 is 17.0 Å². The van der Waals surface area contributed by atoms with E-state index >= 15 is 0 Å². The van der Waals surface area contributed by atoms with Crippen LogP contribution in [0.5, 0.6) is 0 Å². The Balaban J connectivity index is 2.60. The highest BCUT2D eigenvalue weighted by Crippen LogP contribution is 2.25. The minimum Gasteiger partial charge on any atom is -0.304 e. The van der Waals surface area contributed by atoms with Crippen LogP contribution in [0.2, 0.25) is 0 Å². The van der Waals surface area contributed by atoms with Gasteiger partial charge in [0.05, 0.1) is 17.7 Å². The molecule has 2 rings (SSSR count). The molecule has 0 aromatic carbocycles. The monoisotopic (exact) mass is 299 g/mol. The van der Waals surface area contributed by atoms with Crippen molar-refractivity contribution in [2.24, 2.45) is 5.92 Å². The standard InChI is InChI=1S/C16H17N3O3/c1-8(2)12-13(18-16(22)19-15(12)21)14(20)11-5-9(3)4-10(6-11)7-17/h5-6,8,10H,4H2,1-3H3,(H2,18,19,21,22). The largest absolute Gasteiger partial charge is 0.326 e. The molecular formula is C16H17N3O3. The topological polar surface area (TPSA) is 107 Å². The van der Waals surface area contributed by atoms with Gasteiger partial charge in [-0.05, 0) is 19.3 Å². The van der Waals surface area contributed by atoms with Crippen molar-refractivity contribution in [2.45, 2.75) is 33.1 Å². The van der Waals surface area contributed by atoms with Gasteiger partial charge < -0.3 is 4.98 Å². The SMILES string of the molecule is CC1=CC(C(=O)c2[nH]c(=O)[nH]c(=O)c2C(C)C)=CC(C#N)C1. The van der Waals surface area contributed by atoms with Crippen LogP contribution in [0.4, 0.5) is 0 Å².